The van der Waals surface area contributed by atoms with E-state index in [2.05, 4.69) is 0 Å². The van der Waals surface area contributed by atoms with Gasteiger partial charge in [-0.2, -0.15) is 0 Å². The Kier molecular flexibility index (Phi) is 5.15. The number of fused-ring (bicyclic) bond motifs is 1. The second kappa shape index (κ2) is 7.23. The highest BCUT2D eigenvalue weighted by Crippen LogP contribution is 2.34. The lowest BCUT2D eigenvalue weighted by molar-refractivity contribution is -0.0596. The van der Waals surface area contributed by atoms with Crippen molar-refractivity contribution in [3.05, 3.63) is 42.5 Å². The molecule has 2 aliphatic rings. The number of hydrazine groups is 1. The van der Waals surface area contributed by atoms with Crippen LogP contribution in [0.4, 0.5) is 15.3 Å². The molecule has 7 heteroatoms. The molecule has 0 bridgehead atoms. The van der Waals surface area contributed by atoms with Crippen molar-refractivity contribution in [1.82, 2.24) is 10.0 Å². The monoisotopic (exact) mass is 373 g/mol. The van der Waals surface area contributed by atoms with Crippen molar-refractivity contribution >= 4 is 17.8 Å². The van der Waals surface area contributed by atoms with E-state index in [4.69, 9.17) is 4.74 Å². The number of carbonyl (C=O) groups is 2. The number of anilines is 1. The van der Waals surface area contributed by atoms with Crippen LogP contribution in [0.5, 0.6) is 0 Å². The summed E-state index contributed by atoms with van der Waals surface area (Å²) < 4.78 is 5.55. The molecular weight excluding hydrogens is 346 g/mol. The Morgan fingerprint density at radius 2 is 1.85 bits per heavy atom. The number of aliphatic hydroxyl groups is 1. The molecule has 3 unspecified atom stereocenters. The molecule has 7 nitrogen and oxygen atoms in total. The van der Waals surface area contributed by atoms with Crippen LogP contribution < -0.4 is 4.90 Å². The standard InChI is InChI=1S/C20H27N3O4/c1-5-9-15-12-13-16-17(24)21(14-10-7-6-8-11-14)18(25)23(16)22(15)19(26)27-20(2,3)4/h6-8,10-13,15-17,24H,5,9H2,1-4H3. The van der Waals surface area contributed by atoms with E-state index in [0.29, 0.717) is 12.1 Å². The van der Waals surface area contributed by atoms with Crippen LogP contribution in [0.25, 0.3) is 0 Å². The van der Waals surface area contributed by atoms with Gasteiger partial charge >= 0.3 is 12.1 Å². The Morgan fingerprint density at radius 3 is 2.44 bits per heavy atom. The highest BCUT2D eigenvalue weighted by molar-refractivity contribution is 5.96. The molecule has 0 aromatic heterocycles. The summed E-state index contributed by atoms with van der Waals surface area (Å²) in [6.07, 6.45) is 3.51. The molecule has 1 N–H and O–H groups in total. The van der Waals surface area contributed by atoms with E-state index < -0.39 is 30.0 Å². The van der Waals surface area contributed by atoms with Crippen molar-refractivity contribution in [3.63, 3.8) is 0 Å². The van der Waals surface area contributed by atoms with Crippen LogP contribution in [0.15, 0.2) is 42.5 Å². The first-order valence-electron chi connectivity index (χ1n) is 9.30. The molecule has 0 saturated carbocycles. The van der Waals surface area contributed by atoms with Gasteiger partial charge in [0.05, 0.1) is 6.04 Å². The number of nitrogens with zero attached hydrogens (tertiary/aromatic N) is 3. The Bertz CT molecular complexity index is 728. The van der Waals surface area contributed by atoms with E-state index in [1.165, 1.54) is 14.9 Å². The maximum atomic E-state index is 13.2. The first-order chi connectivity index (χ1) is 12.7. The van der Waals surface area contributed by atoms with Crippen LogP contribution in [0.1, 0.15) is 40.5 Å². The minimum absolute atomic E-state index is 0.298. The molecule has 1 fully saturated rings. The average Bonchev–Trinajstić information content (AvgIpc) is 2.85. The van der Waals surface area contributed by atoms with Gasteiger partial charge in [0.15, 0.2) is 6.23 Å². The van der Waals surface area contributed by atoms with Gasteiger partial charge < -0.3 is 9.84 Å². The molecule has 0 spiro atoms. The number of amides is 3. The van der Waals surface area contributed by atoms with Gasteiger partial charge in [-0.1, -0.05) is 43.7 Å². The van der Waals surface area contributed by atoms with Crippen molar-refractivity contribution in [1.29, 1.82) is 0 Å². The molecule has 2 heterocycles. The minimum atomic E-state index is -1.09. The predicted octanol–water partition coefficient (Wildman–Crippen LogP) is 3.51. The lowest BCUT2D eigenvalue weighted by Gasteiger charge is -2.41. The van der Waals surface area contributed by atoms with Gasteiger partial charge in [-0.05, 0) is 39.3 Å². The summed E-state index contributed by atoms with van der Waals surface area (Å²) in [6, 6.07) is 7.55. The van der Waals surface area contributed by atoms with Crippen LogP contribution in [0.2, 0.25) is 0 Å². The summed E-state index contributed by atoms with van der Waals surface area (Å²) in [5.74, 6) is 0. The van der Waals surface area contributed by atoms with Crippen LogP contribution in [0, 0.1) is 0 Å². The number of hydrogen-bond donors (Lipinski definition) is 1. The Labute approximate surface area is 159 Å². The van der Waals surface area contributed by atoms with E-state index in [1.54, 1.807) is 51.1 Å². The first-order valence-corrected chi connectivity index (χ1v) is 9.30. The predicted molar refractivity (Wildman–Crippen MR) is 102 cm³/mol. The van der Waals surface area contributed by atoms with E-state index in [1.807, 2.05) is 19.1 Å². The van der Waals surface area contributed by atoms with Crippen molar-refractivity contribution in [2.75, 3.05) is 4.90 Å². The van der Waals surface area contributed by atoms with Gasteiger partial charge in [-0.3, -0.25) is 4.90 Å². The highest BCUT2D eigenvalue weighted by atomic mass is 16.6. The maximum absolute atomic E-state index is 13.2. The molecule has 3 rings (SSSR count). The lowest BCUT2D eigenvalue weighted by atomic mass is 10.1. The minimum Gasteiger partial charge on any atom is -0.442 e. The quantitative estimate of drug-likeness (QED) is 0.823. The van der Waals surface area contributed by atoms with Crippen LogP contribution in [0.3, 0.4) is 0 Å². The highest BCUT2D eigenvalue weighted by Gasteiger charge is 2.52. The van der Waals surface area contributed by atoms with Gasteiger partial charge in [0.25, 0.3) is 0 Å². The van der Waals surface area contributed by atoms with Crippen molar-refractivity contribution < 1.29 is 19.4 Å². The third kappa shape index (κ3) is 3.64. The largest absolute Gasteiger partial charge is 0.442 e. The van der Waals surface area contributed by atoms with Crippen molar-refractivity contribution in [3.8, 4) is 0 Å². The van der Waals surface area contributed by atoms with Crippen LogP contribution >= 0.6 is 0 Å². The smallest absolute Gasteiger partial charge is 0.430 e. The molecule has 0 aliphatic carbocycles. The first kappa shape index (κ1) is 19.2. The van der Waals surface area contributed by atoms with Gasteiger partial charge in [-0.25, -0.2) is 19.6 Å². The zero-order valence-corrected chi connectivity index (χ0v) is 16.2. The molecule has 146 valence electrons. The lowest BCUT2D eigenvalue weighted by Crippen LogP contribution is -2.58. The average molecular weight is 373 g/mol. The van der Waals surface area contributed by atoms with Crippen LogP contribution in [-0.4, -0.2) is 51.2 Å². The number of ether oxygens (including phenoxy) is 1. The van der Waals surface area contributed by atoms with Crippen LogP contribution in [-0.2, 0) is 4.74 Å². The number of benzene rings is 1. The van der Waals surface area contributed by atoms with Crippen molar-refractivity contribution in [2.45, 2.75) is 64.4 Å². The van der Waals surface area contributed by atoms with E-state index in [9.17, 15) is 14.7 Å². The molecule has 1 aromatic carbocycles. The fraction of sp³-hybridized carbons (Fsp3) is 0.500. The molecule has 0 radical (unpaired) electrons. The summed E-state index contributed by atoms with van der Waals surface area (Å²) >= 11 is 0. The zero-order chi connectivity index (χ0) is 19.8. The van der Waals surface area contributed by atoms with Gasteiger partial charge in [0.2, 0.25) is 0 Å². The normalized spacial score (nSPS) is 25.0. The van der Waals surface area contributed by atoms with Gasteiger partial charge in [-0.15, -0.1) is 0 Å². The second-order valence-corrected chi connectivity index (χ2v) is 7.80. The molecule has 1 aromatic rings. The SMILES string of the molecule is CCCC1C=CC2C(O)N(c3ccccc3)C(=O)N2N1C(=O)OC(C)(C)C. The Hall–Kier alpha value is -2.54. The molecule has 2 aliphatic heterocycles. The molecule has 3 atom stereocenters. The number of rotatable bonds is 3. The number of carbonyl (C=O) groups excluding carboxylic acids is 2. The molecule has 1 saturated heterocycles. The maximum Gasteiger partial charge on any atom is 0.430 e. The zero-order valence-electron chi connectivity index (χ0n) is 16.2. The molecular formula is C20H27N3O4. The number of para-hydroxylation sites is 1. The summed E-state index contributed by atoms with van der Waals surface area (Å²) in [5.41, 5.74) is -0.112. The molecule has 27 heavy (non-hydrogen) atoms. The third-order valence-electron chi connectivity index (χ3n) is 4.53. The van der Waals surface area contributed by atoms with Gasteiger partial charge in [0.1, 0.15) is 11.6 Å². The number of aliphatic hydroxyl groups excluding tert-OH is 1. The Morgan fingerprint density at radius 1 is 1.19 bits per heavy atom. The Balaban J connectivity index is 1.97. The summed E-state index contributed by atoms with van der Waals surface area (Å²) in [6.45, 7) is 7.37. The second-order valence-electron chi connectivity index (χ2n) is 7.80. The fourth-order valence-corrected chi connectivity index (χ4v) is 3.43. The van der Waals surface area contributed by atoms with Gasteiger partial charge in [0, 0.05) is 5.69 Å². The number of hydrogen-bond acceptors (Lipinski definition) is 4. The summed E-state index contributed by atoms with van der Waals surface area (Å²) in [7, 11) is 0. The fourth-order valence-electron chi connectivity index (χ4n) is 3.43. The topological polar surface area (TPSA) is 73.3 Å². The third-order valence-corrected chi connectivity index (χ3v) is 4.53. The summed E-state index contributed by atoms with van der Waals surface area (Å²) in [4.78, 5) is 27.4. The van der Waals surface area contributed by atoms with Crippen molar-refractivity contribution in [2.24, 2.45) is 0 Å². The number of urea groups is 1. The molecule has 3 amide bonds. The van der Waals surface area contributed by atoms with E-state index >= 15 is 0 Å². The van der Waals surface area contributed by atoms with E-state index in [-0.39, 0.29) is 6.04 Å². The van der Waals surface area contributed by atoms with E-state index in [0.717, 1.165) is 6.42 Å². The summed E-state index contributed by atoms with van der Waals surface area (Å²) in [5, 5.41) is 13.5.